The van der Waals surface area contributed by atoms with Crippen molar-refractivity contribution in [2.75, 3.05) is 0 Å². The molecule has 34 heavy (non-hydrogen) atoms. The molecular formula is C33H58O. The SMILES string of the molecule is CCCCCCCC1CCC(C2CCC3(CC2)CC2(CCC(CCCCCC)CC2)C3=O)CC1. The normalized spacial score (nSPS) is 38.4. The molecule has 4 aliphatic rings. The molecule has 196 valence electrons. The van der Waals surface area contributed by atoms with E-state index in [1.54, 1.807) is 0 Å². The first-order valence-corrected chi connectivity index (χ1v) is 16.2. The zero-order valence-corrected chi connectivity index (χ0v) is 23.2. The number of Topliss-reactive ketones (excluding diaryl/α,β-unsaturated/α-hetero) is 1. The van der Waals surface area contributed by atoms with Crippen LogP contribution in [0.15, 0.2) is 0 Å². The lowest BCUT2D eigenvalue weighted by molar-refractivity contribution is -0.169. The van der Waals surface area contributed by atoms with Crippen molar-refractivity contribution in [3.63, 3.8) is 0 Å². The first kappa shape index (κ1) is 26.7. The molecule has 4 aliphatic carbocycles. The average molecular weight is 471 g/mol. The number of ketones is 1. The van der Waals surface area contributed by atoms with E-state index in [-0.39, 0.29) is 10.8 Å². The van der Waals surface area contributed by atoms with Crippen LogP contribution in [0.2, 0.25) is 0 Å². The average Bonchev–Trinajstić information content (AvgIpc) is 2.88. The van der Waals surface area contributed by atoms with Gasteiger partial charge in [-0.3, -0.25) is 4.79 Å². The number of carbonyl (C=O) groups excluding carboxylic acids is 1. The minimum atomic E-state index is 0.139. The Labute approximate surface area is 213 Å². The Morgan fingerprint density at radius 1 is 0.559 bits per heavy atom. The molecule has 4 fully saturated rings. The lowest BCUT2D eigenvalue weighted by atomic mass is 9.42. The summed E-state index contributed by atoms with van der Waals surface area (Å²) in [5, 5.41) is 0. The molecular weight excluding hydrogens is 412 g/mol. The van der Waals surface area contributed by atoms with E-state index >= 15 is 0 Å². The Morgan fingerprint density at radius 2 is 1.00 bits per heavy atom. The second kappa shape index (κ2) is 12.8. The third-order valence-electron chi connectivity index (χ3n) is 11.4. The number of unbranched alkanes of at least 4 members (excludes halogenated alkanes) is 7. The molecule has 0 aliphatic heterocycles. The smallest absolute Gasteiger partial charge is 0.145 e. The summed E-state index contributed by atoms with van der Waals surface area (Å²) in [4.78, 5) is 13.6. The molecule has 0 heterocycles. The summed E-state index contributed by atoms with van der Waals surface area (Å²) in [5.41, 5.74) is 0.280. The Morgan fingerprint density at radius 3 is 1.53 bits per heavy atom. The topological polar surface area (TPSA) is 17.1 Å². The first-order valence-electron chi connectivity index (χ1n) is 16.2. The van der Waals surface area contributed by atoms with Crippen molar-refractivity contribution >= 4 is 5.78 Å². The minimum absolute atomic E-state index is 0.139. The van der Waals surface area contributed by atoms with Crippen molar-refractivity contribution in [3.8, 4) is 0 Å². The fourth-order valence-electron chi connectivity index (χ4n) is 9.10. The maximum Gasteiger partial charge on any atom is 0.145 e. The third kappa shape index (κ3) is 6.32. The molecule has 0 atom stereocenters. The van der Waals surface area contributed by atoms with Crippen LogP contribution in [0.3, 0.4) is 0 Å². The summed E-state index contributed by atoms with van der Waals surface area (Å²) in [6.07, 6.45) is 33.4. The molecule has 1 heteroatoms. The molecule has 0 bridgehead atoms. The highest BCUT2D eigenvalue weighted by molar-refractivity contribution is 5.96. The van der Waals surface area contributed by atoms with Gasteiger partial charge in [0, 0.05) is 10.8 Å². The highest BCUT2D eigenvalue weighted by atomic mass is 16.1. The molecule has 0 N–H and O–H groups in total. The van der Waals surface area contributed by atoms with Gasteiger partial charge >= 0.3 is 0 Å². The van der Waals surface area contributed by atoms with E-state index in [1.165, 1.54) is 154 Å². The summed E-state index contributed by atoms with van der Waals surface area (Å²) in [6, 6.07) is 0. The molecule has 0 amide bonds. The summed E-state index contributed by atoms with van der Waals surface area (Å²) in [7, 11) is 0. The van der Waals surface area contributed by atoms with Gasteiger partial charge < -0.3 is 0 Å². The van der Waals surface area contributed by atoms with Crippen LogP contribution in [0.5, 0.6) is 0 Å². The molecule has 4 saturated carbocycles. The van der Waals surface area contributed by atoms with Crippen LogP contribution in [-0.4, -0.2) is 5.78 Å². The third-order valence-corrected chi connectivity index (χ3v) is 11.4. The minimum Gasteiger partial charge on any atom is -0.298 e. The van der Waals surface area contributed by atoms with Gasteiger partial charge in [-0.15, -0.1) is 0 Å². The quantitative estimate of drug-likeness (QED) is 0.259. The molecule has 0 aromatic carbocycles. The molecule has 4 rings (SSSR count). The van der Waals surface area contributed by atoms with Crippen LogP contribution in [-0.2, 0) is 4.79 Å². The van der Waals surface area contributed by atoms with E-state index in [2.05, 4.69) is 13.8 Å². The number of rotatable bonds is 12. The maximum absolute atomic E-state index is 13.6. The predicted octanol–water partition coefficient (Wildman–Crippen LogP) is 10.4. The van der Waals surface area contributed by atoms with Gasteiger partial charge in [0.15, 0.2) is 0 Å². The zero-order chi connectivity index (χ0) is 23.9. The van der Waals surface area contributed by atoms with Gasteiger partial charge in [-0.25, -0.2) is 0 Å². The second-order valence-corrected chi connectivity index (χ2v) is 13.7. The summed E-state index contributed by atoms with van der Waals surface area (Å²) in [5.74, 6) is 4.63. The Hall–Kier alpha value is -0.330. The largest absolute Gasteiger partial charge is 0.298 e. The molecule has 0 aromatic rings. The van der Waals surface area contributed by atoms with E-state index in [0.29, 0.717) is 0 Å². The highest BCUT2D eigenvalue weighted by Gasteiger charge is 2.63. The van der Waals surface area contributed by atoms with E-state index < -0.39 is 0 Å². The predicted molar refractivity (Wildman–Crippen MR) is 146 cm³/mol. The van der Waals surface area contributed by atoms with Gasteiger partial charge in [-0.05, 0) is 94.3 Å². The van der Waals surface area contributed by atoms with Gasteiger partial charge in [-0.1, -0.05) is 97.3 Å². The van der Waals surface area contributed by atoms with Gasteiger partial charge in [0.1, 0.15) is 5.78 Å². The lowest BCUT2D eigenvalue weighted by Gasteiger charge is -2.59. The lowest BCUT2D eigenvalue weighted by Crippen LogP contribution is -2.59. The van der Waals surface area contributed by atoms with Crippen molar-refractivity contribution in [1.29, 1.82) is 0 Å². The Balaban J connectivity index is 1.13. The van der Waals surface area contributed by atoms with Crippen LogP contribution in [0, 0.1) is 34.5 Å². The van der Waals surface area contributed by atoms with Crippen LogP contribution in [0.4, 0.5) is 0 Å². The van der Waals surface area contributed by atoms with Crippen molar-refractivity contribution in [2.45, 2.75) is 168 Å². The summed E-state index contributed by atoms with van der Waals surface area (Å²) < 4.78 is 0. The van der Waals surface area contributed by atoms with Crippen LogP contribution in [0.1, 0.15) is 168 Å². The first-order chi connectivity index (χ1) is 16.6. The Bertz CT molecular complexity index is 596. The highest BCUT2D eigenvalue weighted by Crippen LogP contribution is 2.64. The molecule has 2 spiro atoms. The van der Waals surface area contributed by atoms with E-state index in [4.69, 9.17) is 0 Å². The fraction of sp³-hybridized carbons (Fsp3) is 0.970. The zero-order valence-electron chi connectivity index (χ0n) is 23.2. The van der Waals surface area contributed by atoms with Crippen molar-refractivity contribution in [2.24, 2.45) is 34.5 Å². The van der Waals surface area contributed by atoms with E-state index in [1.807, 2.05) is 0 Å². The van der Waals surface area contributed by atoms with Crippen LogP contribution >= 0.6 is 0 Å². The molecule has 0 aromatic heterocycles. The van der Waals surface area contributed by atoms with Gasteiger partial charge in [-0.2, -0.15) is 0 Å². The van der Waals surface area contributed by atoms with Gasteiger partial charge in [0.25, 0.3) is 0 Å². The Kier molecular flexibility index (Phi) is 10.0. The number of carbonyl (C=O) groups is 1. The molecule has 0 unspecified atom stereocenters. The second-order valence-electron chi connectivity index (χ2n) is 13.7. The van der Waals surface area contributed by atoms with Crippen molar-refractivity contribution in [3.05, 3.63) is 0 Å². The molecule has 0 radical (unpaired) electrons. The molecule has 0 saturated heterocycles. The molecule has 1 nitrogen and oxygen atoms in total. The number of hydrogen-bond donors (Lipinski definition) is 0. The summed E-state index contributed by atoms with van der Waals surface area (Å²) in [6.45, 7) is 4.62. The monoisotopic (exact) mass is 470 g/mol. The standard InChI is InChI=1S/C33H58O/c1-3-5-7-9-11-12-27-14-16-29(17-15-27)30-20-24-33(25-21-30)26-32(31(33)34)22-18-28(19-23-32)13-10-8-6-4-2/h27-30H,3-26H2,1-2H3. The summed E-state index contributed by atoms with van der Waals surface area (Å²) >= 11 is 0. The van der Waals surface area contributed by atoms with Crippen molar-refractivity contribution in [1.82, 2.24) is 0 Å². The van der Waals surface area contributed by atoms with E-state index in [0.717, 1.165) is 29.5 Å². The number of hydrogen-bond acceptors (Lipinski definition) is 1. The maximum atomic E-state index is 13.6. The van der Waals surface area contributed by atoms with Gasteiger partial charge in [0.05, 0.1) is 0 Å². The van der Waals surface area contributed by atoms with E-state index in [9.17, 15) is 4.79 Å². The van der Waals surface area contributed by atoms with Crippen molar-refractivity contribution < 1.29 is 4.79 Å². The van der Waals surface area contributed by atoms with Gasteiger partial charge in [0.2, 0.25) is 0 Å². The van der Waals surface area contributed by atoms with Crippen LogP contribution in [0.25, 0.3) is 0 Å². The fourth-order valence-corrected chi connectivity index (χ4v) is 9.10. The van der Waals surface area contributed by atoms with Crippen LogP contribution < -0.4 is 0 Å².